The highest BCUT2D eigenvalue weighted by molar-refractivity contribution is 5.75. The Morgan fingerprint density at radius 2 is 1.34 bits per heavy atom. The van der Waals surface area contributed by atoms with Crippen molar-refractivity contribution in [2.24, 2.45) is 5.41 Å². The lowest BCUT2D eigenvalue weighted by molar-refractivity contribution is -0.372. The second kappa shape index (κ2) is 13.9. The van der Waals surface area contributed by atoms with E-state index in [4.69, 9.17) is 37.9 Å². The third-order valence-corrected chi connectivity index (χ3v) is 7.92. The van der Waals surface area contributed by atoms with Crippen molar-refractivity contribution in [2.45, 2.75) is 126 Å². The molecule has 256 valence electrons. The number of aliphatic hydroxyl groups excluding tert-OH is 8. The summed E-state index contributed by atoms with van der Waals surface area (Å²) in [5, 5.41) is 93.5. The smallest absolute Gasteiger partial charge is 0.313 e. The largest absolute Gasteiger partial charge is 0.432 e. The Kier molecular flexibility index (Phi) is 11.3. The zero-order valence-electron chi connectivity index (χ0n) is 24.7. The van der Waals surface area contributed by atoms with Crippen LogP contribution in [0.15, 0.2) is 0 Å². The van der Waals surface area contributed by atoms with Gasteiger partial charge in [0.25, 0.3) is 0 Å². The van der Waals surface area contributed by atoms with Crippen molar-refractivity contribution >= 4 is 5.97 Å². The second-order valence-electron chi connectivity index (χ2n) is 12.6. The van der Waals surface area contributed by atoms with Gasteiger partial charge in [-0.25, -0.2) is 0 Å². The molecule has 0 spiro atoms. The minimum atomic E-state index is -2.01. The number of ether oxygens (including phenoxy) is 8. The molecule has 4 heterocycles. The number of aliphatic hydroxyl groups is 9. The van der Waals surface area contributed by atoms with Crippen LogP contribution in [-0.4, -0.2) is 176 Å². The van der Waals surface area contributed by atoms with E-state index in [1.165, 1.54) is 6.92 Å². The van der Waals surface area contributed by atoms with E-state index in [0.29, 0.717) is 0 Å². The molecule has 0 aliphatic carbocycles. The maximum absolute atomic E-state index is 12.4. The van der Waals surface area contributed by atoms with Crippen molar-refractivity contribution in [1.29, 1.82) is 0 Å². The Labute approximate surface area is 252 Å². The number of carbonyl (C=O) groups excluding carboxylic acids is 1. The Balaban J connectivity index is 1.40. The van der Waals surface area contributed by atoms with Gasteiger partial charge < -0.3 is 83.9 Å². The maximum Gasteiger partial charge on any atom is 0.313 e. The van der Waals surface area contributed by atoms with Crippen LogP contribution in [0.1, 0.15) is 27.7 Å². The van der Waals surface area contributed by atoms with Crippen LogP contribution in [0.3, 0.4) is 0 Å². The van der Waals surface area contributed by atoms with Crippen molar-refractivity contribution in [1.82, 2.24) is 0 Å². The SMILES string of the molecule is C[C@@H]1O[C@@H](O[C@H]2[C@H](OC(=O)C(C)(C)C)OC[C@H](O)[C@@H]2O)[C@H](O)[C@H](O)[C@H]1O[C@@H]1OC[C@@H](O)[C@H](O[C@@H]2OC[C@](O)(CO)[C@H]2O)[C@H]1O. The monoisotopic (exact) mass is 644 g/mol. The summed E-state index contributed by atoms with van der Waals surface area (Å²) in [6, 6.07) is 0. The standard InChI is InChI=1S/C26H44O18/c1-9-16(41-20-15(33)17(11(29)6-37-20)42-23-19(34)26(36,7-27)8-39-23)13(31)14(32)21(40-9)43-18-12(30)10(28)5-38-22(18)44-24(35)25(2,3)4/h9-23,27-34,36H,5-8H2,1-4H3/t9-,10-,11+,12-,13-,14+,15+,16-,17-,18+,19-,20-,21-,22-,23-,26+/m0/s1. The first-order chi connectivity index (χ1) is 20.5. The Hall–Kier alpha value is -1.17. The molecule has 9 N–H and O–H groups in total. The van der Waals surface area contributed by atoms with Crippen molar-refractivity contribution in [2.75, 3.05) is 26.4 Å². The third-order valence-electron chi connectivity index (χ3n) is 7.92. The molecule has 18 heteroatoms. The Bertz CT molecular complexity index is 964. The summed E-state index contributed by atoms with van der Waals surface area (Å²) in [6.07, 6.45) is -23.1. The quantitative estimate of drug-likeness (QED) is 0.112. The van der Waals surface area contributed by atoms with Gasteiger partial charge >= 0.3 is 5.97 Å². The maximum atomic E-state index is 12.4. The lowest BCUT2D eigenvalue weighted by atomic mass is 9.97. The molecule has 0 radical (unpaired) electrons. The van der Waals surface area contributed by atoms with Gasteiger partial charge in [0, 0.05) is 0 Å². The minimum absolute atomic E-state index is 0.372. The van der Waals surface area contributed by atoms with Gasteiger partial charge in [0.05, 0.1) is 37.9 Å². The number of carbonyl (C=O) groups is 1. The lowest BCUT2D eigenvalue weighted by Crippen LogP contribution is -2.64. The van der Waals surface area contributed by atoms with E-state index in [1.54, 1.807) is 20.8 Å². The van der Waals surface area contributed by atoms with E-state index in [-0.39, 0.29) is 6.61 Å². The predicted molar refractivity (Wildman–Crippen MR) is 138 cm³/mol. The number of hydrogen-bond acceptors (Lipinski definition) is 18. The van der Waals surface area contributed by atoms with E-state index < -0.39 is 129 Å². The average Bonchev–Trinajstić information content (AvgIpc) is 3.25. The molecule has 0 amide bonds. The van der Waals surface area contributed by atoms with Gasteiger partial charge in [-0.15, -0.1) is 0 Å². The van der Waals surface area contributed by atoms with E-state index in [2.05, 4.69) is 0 Å². The highest BCUT2D eigenvalue weighted by Gasteiger charge is 2.54. The van der Waals surface area contributed by atoms with E-state index in [0.717, 1.165) is 0 Å². The molecule has 4 saturated heterocycles. The van der Waals surface area contributed by atoms with Crippen molar-refractivity contribution in [3.8, 4) is 0 Å². The van der Waals surface area contributed by atoms with Gasteiger partial charge in [0.1, 0.15) is 60.5 Å². The van der Waals surface area contributed by atoms with Gasteiger partial charge in [-0.2, -0.15) is 0 Å². The fourth-order valence-electron chi connectivity index (χ4n) is 5.04. The molecule has 0 aromatic heterocycles. The highest BCUT2D eigenvalue weighted by Crippen LogP contribution is 2.33. The predicted octanol–water partition coefficient (Wildman–Crippen LogP) is -5.21. The summed E-state index contributed by atoms with van der Waals surface area (Å²) in [7, 11) is 0. The van der Waals surface area contributed by atoms with Crippen molar-refractivity contribution < 1.29 is 88.6 Å². The van der Waals surface area contributed by atoms with E-state index in [1.807, 2.05) is 0 Å². The Morgan fingerprint density at radius 1 is 0.750 bits per heavy atom. The molecule has 0 saturated carbocycles. The van der Waals surface area contributed by atoms with Crippen LogP contribution >= 0.6 is 0 Å². The van der Waals surface area contributed by atoms with Crippen LogP contribution in [0.2, 0.25) is 0 Å². The highest BCUT2D eigenvalue weighted by atomic mass is 16.8. The first kappa shape index (κ1) is 35.7. The molecule has 16 atom stereocenters. The fourth-order valence-corrected chi connectivity index (χ4v) is 5.04. The van der Waals surface area contributed by atoms with Gasteiger partial charge in [0.2, 0.25) is 6.29 Å². The molecule has 4 fully saturated rings. The summed E-state index contributed by atoms with van der Waals surface area (Å²) < 4.78 is 43.9. The zero-order chi connectivity index (χ0) is 32.7. The zero-order valence-corrected chi connectivity index (χ0v) is 24.7. The molecule has 4 aliphatic rings. The topological polar surface area (TPSA) is 273 Å². The average molecular weight is 645 g/mol. The molecule has 0 aromatic rings. The molecule has 4 aliphatic heterocycles. The van der Waals surface area contributed by atoms with Crippen LogP contribution in [0, 0.1) is 5.41 Å². The van der Waals surface area contributed by atoms with Gasteiger partial charge in [-0.3, -0.25) is 4.79 Å². The lowest BCUT2D eigenvalue weighted by Gasteiger charge is -2.46. The van der Waals surface area contributed by atoms with Crippen molar-refractivity contribution in [3.63, 3.8) is 0 Å². The second-order valence-corrected chi connectivity index (χ2v) is 12.6. The third kappa shape index (κ3) is 7.36. The summed E-state index contributed by atoms with van der Waals surface area (Å²) in [5.41, 5.74) is -2.95. The first-order valence-electron chi connectivity index (χ1n) is 14.3. The number of esters is 1. The number of rotatable bonds is 8. The summed E-state index contributed by atoms with van der Waals surface area (Å²) in [4.78, 5) is 12.4. The van der Waals surface area contributed by atoms with Gasteiger partial charge in [-0.05, 0) is 27.7 Å². The van der Waals surface area contributed by atoms with Crippen LogP contribution < -0.4 is 0 Å². The summed E-state index contributed by atoms with van der Waals surface area (Å²) in [5.74, 6) is -0.691. The molecule has 0 aromatic carbocycles. The molecule has 44 heavy (non-hydrogen) atoms. The number of hydrogen-bond donors (Lipinski definition) is 9. The van der Waals surface area contributed by atoms with Crippen molar-refractivity contribution in [3.05, 3.63) is 0 Å². The van der Waals surface area contributed by atoms with Gasteiger partial charge in [-0.1, -0.05) is 0 Å². The van der Waals surface area contributed by atoms with E-state index in [9.17, 15) is 50.8 Å². The molecule has 4 rings (SSSR count). The van der Waals surface area contributed by atoms with Crippen LogP contribution in [0.4, 0.5) is 0 Å². The summed E-state index contributed by atoms with van der Waals surface area (Å²) in [6.45, 7) is 4.11. The molecular formula is C26H44O18. The first-order valence-corrected chi connectivity index (χ1v) is 14.3. The molecule has 0 unspecified atom stereocenters. The van der Waals surface area contributed by atoms with Gasteiger partial charge in [0.15, 0.2) is 25.0 Å². The summed E-state index contributed by atoms with van der Waals surface area (Å²) >= 11 is 0. The molecule has 18 nitrogen and oxygen atoms in total. The molecule has 0 bridgehead atoms. The van der Waals surface area contributed by atoms with Crippen LogP contribution in [0.5, 0.6) is 0 Å². The molecular weight excluding hydrogens is 600 g/mol. The Morgan fingerprint density at radius 3 is 1.95 bits per heavy atom. The van der Waals surface area contributed by atoms with Crippen LogP contribution in [0.25, 0.3) is 0 Å². The fraction of sp³-hybridized carbons (Fsp3) is 0.962. The van der Waals surface area contributed by atoms with E-state index >= 15 is 0 Å². The normalized spacial score (nSPS) is 48.7. The minimum Gasteiger partial charge on any atom is -0.432 e. The van der Waals surface area contributed by atoms with Crippen LogP contribution in [-0.2, 0) is 42.7 Å².